The maximum Gasteiger partial charge on any atom is 0.125 e. The van der Waals surface area contributed by atoms with E-state index in [0.717, 1.165) is 11.3 Å². The lowest BCUT2D eigenvalue weighted by atomic mass is 10.2. The van der Waals surface area contributed by atoms with Crippen molar-refractivity contribution in [3.63, 3.8) is 0 Å². The van der Waals surface area contributed by atoms with Gasteiger partial charge in [0.1, 0.15) is 5.82 Å². The van der Waals surface area contributed by atoms with Crippen LogP contribution in [-0.2, 0) is 6.54 Å². The topological polar surface area (TPSA) is 50.9 Å². The lowest BCUT2D eigenvalue weighted by molar-refractivity contribution is 0.628. The minimum absolute atomic E-state index is 0.306. The van der Waals surface area contributed by atoms with Crippen LogP contribution in [-0.4, -0.2) is 4.98 Å². The molecule has 0 aliphatic carbocycles. The van der Waals surface area contributed by atoms with Gasteiger partial charge >= 0.3 is 0 Å². The van der Waals surface area contributed by atoms with Gasteiger partial charge in [0.05, 0.1) is 23.6 Å². The van der Waals surface area contributed by atoms with E-state index in [9.17, 15) is 4.39 Å². The molecule has 1 aromatic heterocycles. The summed E-state index contributed by atoms with van der Waals surface area (Å²) < 4.78 is 13.0. The standard InChI is InChI=1S/C13H14FN3/c1-9-3-2-6-16-13(9)8-17-12-7-10(14)4-5-11(12)15/h2-7,17H,8,15H2,1H3. The third-order valence-electron chi connectivity index (χ3n) is 2.58. The van der Waals surface area contributed by atoms with E-state index < -0.39 is 0 Å². The smallest absolute Gasteiger partial charge is 0.125 e. The molecule has 0 bridgehead atoms. The molecule has 88 valence electrons. The third-order valence-corrected chi connectivity index (χ3v) is 2.58. The minimum Gasteiger partial charge on any atom is -0.397 e. The Morgan fingerprint density at radius 1 is 1.35 bits per heavy atom. The first-order valence-corrected chi connectivity index (χ1v) is 5.36. The van der Waals surface area contributed by atoms with Gasteiger partial charge in [-0.3, -0.25) is 4.98 Å². The molecule has 0 amide bonds. The van der Waals surface area contributed by atoms with Crippen molar-refractivity contribution in [3.8, 4) is 0 Å². The predicted molar refractivity (Wildman–Crippen MR) is 67.1 cm³/mol. The van der Waals surface area contributed by atoms with Gasteiger partial charge in [0.25, 0.3) is 0 Å². The van der Waals surface area contributed by atoms with Crippen LogP contribution in [0.15, 0.2) is 36.5 Å². The number of nitrogen functional groups attached to an aromatic ring is 1. The second-order valence-electron chi connectivity index (χ2n) is 3.85. The number of halogens is 1. The van der Waals surface area contributed by atoms with Gasteiger partial charge in [0, 0.05) is 6.20 Å². The van der Waals surface area contributed by atoms with E-state index in [4.69, 9.17) is 5.73 Å². The summed E-state index contributed by atoms with van der Waals surface area (Å²) >= 11 is 0. The Kier molecular flexibility index (Phi) is 3.23. The van der Waals surface area contributed by atoms with Crippen LogP contribution < -0.4 is 11.1 Å². The van der Waals surface area contributed by atoms with Crippen molar-refractivity contribution in [3.05, 3.63) is 53.6 Å². The first-order valence-electron chi connectivity index (χ1n) is 5.36. The molecule has 17 heavy (non-hydrogen) atoms. The van der Waals surface area contributed by atoms with Crippen molar-refractivity contribution in [2.24, 2.45) is 0 Å². The number of anilines is 2. The van der Waals surface area contributed by atoms with Crippen LogP contribution in [0, 0.1) is 12.7 Å². The molecule has 0 saturated carbocycles. The van der Waals surface area contributed by atoms with Crippen molar-refractivity contribution >= 4 is 11.4 Å². The lowest BCUT2D eigenvalue weighted by Gasteiger charge is -2.10. The molecule has 0 saturated heterocycles. The second-order valence-corrected chi connectivity index (χ2v) is 3.85. The van der Waals surface area contributed by atoms with E-state index >= 15 is 0 Å². The monoisotopic (exact) mass is 231 g/mol. The zero-order chi connectivity index (χ0) is 12.3. The van der Waals surface area contributed by atoms with E-state index in [-0.39, 0.29) is 5.82 Å². The predicted octanol–water partition coefficient (Wildman–Crippen LogP) is 2.72. The summed E-state index contributed by atoms with van der Waals surface area (Å²) in [5.74, 6) is -0.306. The highest BCUT2D eigenvalue weighted by Crippen LogP contribution is 2.20. The van der Waals surface area contributed by atoms with Crippen molar-refractivity contribution < 1.29 is 4.39 Å². The van der Waals surface area contributed by atoms with Gasteiger partial charge in [-0.05, 0) is 36.8 Å². The lowest BCUT2D eigenvalue weighted by Crippen LogP contribution is -2.05. The molecule has 3 N–H and O–H groups in total. The molecule has 0 aliphatic rings. The molecule has 2 aromatic rings. The van der Waals surface area contributed by atoms with E-state index in [0.29, 0.717) is 17.9 Å². The first kappa shape index (κ1) is 11.4. The molecule has 0 atom stereocenters. The average Bonchev–Trinajstić information content (AvgIpc) is 2.32. The summed E-state index contributed by atoms with van der Waals surface area (Å²) in [5.41, 5.74) is 8.88. The summed E-state index contributed by atoms with van der Waals surface area (Å²) in [7, 11) is 0. The number of nitrogens with zero attached hydrogens (tertiary/aromatic N) is 1. The molecule has 4 heteroatoms. The van der Waals surface area contributed by atoms with Crippen molar-refractivity contribution in [1.82, 2.24) is 4.98 Å². The zero-order valence-electron chi connectivity index (χ0n) is 9.57. The van der Waals surface area contributed by atoms with Gasteiger partial charge in [-0.15, -0.1) is 0 Å². The highest BCUT2D eigenvalue weighted by Gasteiger charge is 2.02. The Bertz CT molecular complexity index is 526. The highest BCUT2D eigenvalue weighted by atomic mass is 19.1. The Balaban J connectivity index is 2.12. The molecular weight excluding hydrogens is 217 g/mol. The van der Waals surface area contributed by atoms with Crippen LogP contribution in [0.2, 0.25) is 0 Å². The number of nitrogens with two attached hydrogens (primary N) is 1. The third kappa shape index (κ3) is 2.72. The second kappa shape index (κ2) is 4.82. The van der Waals surface area contributed by atoms with Gasteiger partial charge < -0.3 is 11.1 Å². The summed E-state index contributed by atoms with van der Waals surface area (Å²) in [6.07, 6.45) is 1.74. The van der Waals surface area contributed by atoms with E-state index in [1.54, 1.807) is 12.3 Å². The first-order chi connectivity index (χ1) is 8.16. The van der Waals surface area contributed by atoms with Crippen molar-refractivity contribution in [1.29, 1.82) is 0 Å². The van der Waals surface area contributed by atoms with Crippen LogP contribution in [0.5, 0.6) is 0 Å². The van der Waals surface area contributed by atoms with Crippen LogP contribution >= 0.6 is 0 Å². The normalized spacial score (nSPS) is 10.2. The minimum atomic E-state index is -0.306. The van der Waals surface area contributed by atoms with Gasteiger partial charge in [0.2, 0.25) is 0 Å². The molecule has 0 fully saturated rings. The molecule has 1 aromatic carbocycles. The maximum absolute atomic E-state index is 13.0. The molecule has 0 unspecified atom stereocenters. The number of pyridine rings is 1. The molecule has 2 rings (SSSR count). The summed E-state index contributed by atoms with van der Waals surface area (Å²) in [5, 5.41) is 3.08. The number of aryl methyl sites for hydroxylation is 1. The van der Waals surface area contributed by atoms with Gasteiger partial charge in [-0.2, -0.15) is 0 Å². The molecular formula is C13H14FN3. The van der Waals surface area contributed by atoms with Gasteiger partial charge in [-0.25, -0.2) is 4.39 Å². The van der Waals surface area contributed by atoms with E-state index in [1.807, 2.05) is 19.1 Å². The molecule has 1 heterocycles. The number of nitrogens with one attached hydrogen (secondary N) is 1. The number of hydrogen-bond donors (Lipinski definition) is 2. The number of benzene rings is 1. The highest BCUT2D eigenvalue weighted by molar-refractivity contribution is 5.65. The average molecular weight is 231 g/mol. The molecule has 0 spiro atoms. The van der Waals surface area contributed by atoms with Crippen LogP contribution in [0.3, 0.4) is 0 Å². The number of rotatable bonds is 3. The fourth-order valence-electron chi connectivity index (χ4n) is 1.56. The molecule has 0 radical (unpaired) electrons. The number of aromatic nitrogens is 1. The van der Waals surface area contributed by atoms with E-state index in [2.05, 4.69) is 10.3 Å². The molecule has 3 nitrogen and oxygen atoms in total. The Morgan fingerprint density at radius 3 is 2.94 bits per heavy atom. The van der Waals surface area contributed by atoms with E-state index in [1.165, 1.54) is 12.1 Å². The summed E-state index contributed by atoms with van der Waals surface area (Å²) in [4.78, 5) is 4.25. The maximum atomic E-state index is 13.0. The van der Waals surface area contributed by atoms with Gasteiger partial charge in [0.15, 0.2) is 0 Å². The summed E-state index contributed by atoms with van der Waals surface area (Å²) in [6, 6.07) is 8.14. The van der Waals surface area contributed by atoms with Gasteiger partial charge in [-0.1, -0.05) is 6.07 Å². The zero-order valence-corrected chi connectivity index (χ0v) is 9.57. The van der Waals surface area contributed by atoms with Crippen LogP contribution in [0.25, 0.3) is 0 Å². The Hall–Kier alpha value is -2.10. The largest absolute Gasteiger partial charge is 0.397 e. The summed E-state index contributed by atoms with van der Waals surface area (Å²) in [6.45, 7) is 2.51. The Morgan fingerprint density at radius 2 is 2.18 bits per heavy atom. The molecule has 0 aliphatic heterocycles. The van der Waals surface area contributed by atoms with Crippen LogP contribution in [0.1, 0.15) is 11.3 Å². The van der Waals surface area contributed by atoms with Crippen molar-refractivity contribution in [2.45, 2.75) is 13.5 Å². The van der Waals surface area contributed by atoms with Crippen LogP contribution in [0.4, 0.5) is 15.8 Å². The Labute approximate surface area is 99.5 Å². The number of hydrogen-bond acceptors (Lipinski definition) is 3. The fourth-order valence-corrected chi connectivity index (χ4v) is 1.56. The fraction of sp³-hybridized carbons (Fsp3) is 0.154. The van der Waals surface area contributed by atoms with Crippen molar-refractivity contribution in [2.75, 3.05) is 11.1 Å². The SMILES string of the molecule is Cc1cccnc1CNc1cc(F)ccc1N. The quantitative estimate of drug-likeness (QED) is 0.798.